The Morgan fingerprint density at radius 2 is 2.31 bits per heavy atom. The number of nitrogens with two attached hydrogens (primary N) is 1. The molecule has 5 nitrogen and oxygen atoms in total. The van der Waals surface area contributed by atoms with E-state index in [1.54, 1.807) is 6.07 Å². The van der Waals surface area contributed by atoms with Crippen molar-refractivity contribution in [3.8, 4) is 0 Å². The first-order valence-electron chi connectivity index (χ1n) is 5.23. The Labute approximate surface area is 98.4 Å². The van der Waals surface area contributed by atoms with Gasteiger partial charge in [0.05, 0.1) is 5.69 Å². The highest BCUT2D eigenvalue weighted by Gasteiger charge is 2.18. The number of hydrogen-bond donors (Lipinski definition) is 2. The summed E-state index contributed by atoms with van der Waals surface area (Å²) in [6, 6.07) is 1.58. The number of carbonyl (C=O) groups is 1. The molecule has 0 saturated heterocycles. The molecular formula is C10H13ClN4O. The summed E-state index contributed by atoms with van der Waals surface area (Å²) in [5, 5.41) is 10.7. The first kappa shape index (κ1) is 11.1. The van der Waals surface area contributed by atoms with E-state index in [4.69, 9.17) is 17.3 Å². The van der Waals surface area contributed by atoms with Crippen molar-refractivity contribution in [2.24, 2.45) is 11.7 Å². The summed E-state index contributed by atoms with van der Waals surface area (Å²) in [7, 11) is 0. The maximum Gasteiger partial charge on any atom is 0.271 e. The molecule has 0 aliphatic heterocycles. The van der Waals surface area contributed by atoms with Crippen molar-refractivity contribution in [2.75, 3.05) is 11.9 Å². The number of amides is 1. The minimum Gasteiger partial charge on any atom is -0.383 e. The summed E-state index contributed by atoms with van der Waals surface area (Å²) in [6.45, 7) is 0.822. The van der Waals surface area contributed by atoms with Crippen LogP contribution in [0, 0.1) is 5.92 Å². The number of primary amides is 1. The van der Waals surface area contributed by atoms with Crippen molar-refractivity contribution < 1.29 is 4.79 Å². The van der Waals surface area contributed by atoms with Crippen LogP contribution in [0.5, 0.6) is 0 Å². The summed E-state index contributed by atoms with van der Waals surface area (Å²) in [6.07, 6.45) is 3.74. The van der Waals surface area contributed by atoms with Gasteiger partial charge in [-0.1, -0.05) is 18.0 Å². The van der Waals surface area contributed by atoms with Gasteiger partial charge >= 0.3 is 0 Å². The van der Waals surface area contributed by atoms with Crippen LogP contribution in [-0.2, 0) is 0 Å². The highest BCUT2D eigenvalue weighted by atomic mass is 35.5. The number of nitrogens with one attached hydrogen (secondary N) is 1. The van der Waals surface area contributed by atoms with Crippen molar-refractivity contribution in [1.82, 2.24) is 10.2 Å². The Morgan fingerprint density at radius 1 is 1.56 bits per heavy atom. The predicted molar refractivity (Wildman–Crippen MR) is 61.4 cm³/mol. The SMILES string of the molecule is NC(=O)c1nnc(Cl)cc1NCC1CCC1. The van der Waals surface area contributed by atoms with E-state index in [-0.39, 0.29) is 10.8 Å². The lowest BCUT2D eigenvalue weighted by Gasteiger charge is -2.26. The molecule has 1 fully saturated rings. The molecule has 1 aliphatic carbocycles. The summed E-state index contributed by atoms with van der Waals surface area (Å²) >= 11 is 5.72. The van der Waals surface area contributed by atoms with E-state index in [0.29, 0.717) is 11.6 Å². The second-order valence-electron chi connectivity index (χ2n) is 3.97. The normalized spacial score (nSPS) is 15.6. The van der Waals surface area contributed by atoms with Gasteiger partial charge in [0.2, 0.25) is 0 Å². The summed E-state index contributed by atoms with van der Waals surface area (Å²) in [5.74, 6) is 0.0768. The van der Waals surface area contributed by atoms with Crippen molar-refractivity contribution in [3.63, 3.8) is 0 Å². The average molecular weight is 241 g/mol. The molecule has 1 amide bonds. The van der Waals surface area contributed by atoms with Crippen LogP contribution in [-0.4, -0.2) is 22.6 Å². The van der Waals surface area contributed by atoms with Crippen molar-refractivity contribution in [3.05, 3.63) is 16.9 Å². The first-order valence-corrected chi connectivity index (χ1v) is 5.61. The summed E-state index contributed by atoms with van der Waals surface area (Å²) < 4.78 is 0. The monoisotopic (exact) mass is 240 g/mol. The van der Waals surface area contributed by atoms with E-state index in [0.717, 1.165) is 6.54 Å². The summed E-state index contributed by atoms with van der Waals surface area (Å²) in [5.41, 5.74) is 5.90. The third-order valence-electron chi connectivity index (χ3n) is 2.80. The van der Waals surface area contributed by atoms with E-state index in [1.165, 1.54) is 19.3 Å². The van der Waals surface area contributed by atoms with Gasteiger partial charge in [0.15, 0.2) is 10.8 Å². The van der Waals surface area contributed by atoms with Gasteiger partial charge in [-0.15, -0.1) is 10.2 Å². The van der Waals surface area contributed by atoms with Crippen LogP contribution in [0.2, 0.25) is 5.15 Å². The molecule has 0 radical (unpaired) electrons. The van der Waals surface area contributed by atoms with Crippen LogP contribution in [0.1, 0.15) is 29.8 Å². The summed E-state index contributed by atoms with van der Waals surface area (Å²) in [4.78, 5) is 11.1. The van der Waals surface area contributed by atoms with Gasteiger partial charge < -0.3 is 11.1 Å². The minimum absolute atomic E-state index is 0.142. The largest absolute Gasteiger partial charge is 0.383 e. The quantitative estimate of drug-likeness (QED) is 0.835. The zero-order chi connectivity index (χ0) is 11.5. The lowest BCUT2D eigenvalue weighted by Crippen LogP contribution is -2.23. The van der Waals surface area contributed by atoms with E-state index in [1.807, 2.05) is 0 Å². The molecule has 6 heteroatoms. The second-order valence-corrected chi connectivity index (χ2v) is 4.36. The van der Waals surface area contributed by atoms with Crippen molar-refractivity contribution >= 4 is 23.2 Å². The van der Waals surface area contributed by atoms with Crippen molar-refractivity contribution in [1.29, 1.82) is 0 Å². The second kappa shape index (κ2) is 4.65. The van der Waals surface area contributed by atoms with Crippen LogP contribution in [0.3, 0.4) is 0 Å². The average Bonchev–Trinajstić information content (AvgIpc) is 2.14. The van der Waals surface area contributed by atoms with E-state index >= 15 is 0 Å². The maximum absolute atomic E-state index is 11.1. The van der Waals surface area contributed by atoms with Gasteiger partial charge in [-0.25, -0.2) is 0 Å². The Balaban J connectivity index is 2.09. The predicted octanol–water partition coefficient (Wildman–Crippen LogP) is 1.44. The molecule has 1 heterocycles. The Kier molecular flexibility index (Phi) is 3.24. The van der Waals surface area contributed by atoms with Gasteiger partial charge in [0.25, 0.3) is 5.91 Å². The minimum atomic E-state index is -0.597. The Bertz CT molecular complexity index is 406. The molecule has 0 spiro atoms. The zero-order valence-electron chi connectivity index (χ0n) is 8.74. The topological polar surface area (TPSA) is 80.9 Å². The third kappa shape index (κ3) is 2.41. The molecule has 1 aromatic rings. The molecule has 1 aliphatic rings. The fraction of sp³-hybridized carbons (Fsp3) is 0.500. The molecule has 0 unspecified atom stereocenters. The van der Waals surface area contributed by atoms with Crippen LogP contribution in [0.15, 0.2) is 6.07 Å². The number of anilines is 1. The van der Waals surface area contributed by atoms with Crippen LogP contribution in [0.4, 0.5) is 5.69 Å². The number of carbonyl (C=O) groups excluding carboxylic acids is 1. The van der Waals surface area contributed by atoms with Crippen LogP contribution < -0.4 is 11.1 Å². The van der Waals surface area contributed by atoms with Crippen molar-refractivity contribution in [2.45, 2.75) is 19.3 Å². The fourth-order valence-electron chi connectivity index (χ4n) is 1.64. The van der Waals surface area contributed by atoms with Gasteiger partial charge in [-0.2, -0.15) is 0 Å². The van der Waals surface area contributed by atoms with E-state index < -0.39 is 5.91 Å². The Morgan fingerprint density at radius 3 is 2.88 bits per heavy atom. The molecule has 2 rings (SSSR count). The van der Waals surface area contributed by atoms with E-state index in [9.17, 15) is 4.79 Å². The smallest absolute Gasteiger partial charge is 0.271 e. The number of aromatic nitrogens is 2. The molecule has 0 aromatic carbocycles. The molecule has 3 N–H and O–H groups in total. The lowest BCUT2D eigenvalue weighted by atomic mass is 9.85. The number of rotatable bonds is 4. The number of nitrogens with zero attached hydrogens (tertiary/aromatic N) is 2. The van der Waals surface area contributed by atoms with E-state index in [2.05, 4.69) is 15.5 Å². The molecule has 0 atom stereocenters. The Hall–Kier alpha value is -1.36. The highest BCUT2D eigenvalue weighted by molar-refractivity contribution is 6.29. The maximum atomic E-state index is 11.1. The fourth-order valence-corrected chi connectivity index (χ4v) is 1.78. The molecule has 1 saturated carbocycles. The van der Waals surface area contributed by atoms with Gasteiger partial charge in [-0.05, 0) is 18.8 Å². The standard InChI is InChI=1S/C10H13ClN4O/c11-8-4-7(9(10(12)16)15-14-8)13-5-6-2-1-3-6/h4,6H,1-3,5H2,(H2,12,16)(H,13,14). The first-order chi connectivity index (χ1) is 7.66. The van der Waals surface area contributed by atoms with Crippen LogP contribution in [0.25, 0.3) is 0 Å². The number of halogens is 1. The van der Waals surface area contributed by atoms with Crippen LogP contribution >= 0.6 is 11.6 Å². The van der Waals surface area contributed by atoms with Gasteiger partial charge in [0.1, 0.15) is 0 Å². The third-order valence-corrected chi connectivity index (χ3v) is 2.99. The molecule has 1 aromatic heterocycles. The molecular weight excluding hydrogens is 228 g/mol. The molecule has 16 heavy (non-hydrogen) atoms. The highest BCUT2D eigenvalue weighted by Crippen LogP contribution is 2.27. The lowest BCUT2D eigenvalue weighted by molar-refractivity contribution is 0.0995. The van der Waals surface area contributed by atoms with Gasteiger partial charge in [-0.3, -0.25) is 4.79 Å². The number of hydrogen-bond acceptors (Lipinski definition) is 4. The van der Waals surface area contributed by atoms with Gasteiger partial charge in [0, 0.05) is 12.6 Å². The molecule has 86 valence electrons. The zero-order valence-corrected chi connectivity index (χ0v) is 9.50. The molecule has 0 bridgehead atoms.